The number of nitrogens with zero attached hydrogens (tertiary/aromatic N) is 4. The largest absolute Gasteiger partial charge is 0.391 e. The lowest BCUT2D eigenvalue weighted by atomic mass is 9.79. The molecule has 13 heteroatoms. The maximum atomic E-state index is 15.4. The fraction of sp³-hybridized carbons (Fsp3) is 0.773. The summed E-state index contributed by atoms with van der Waals surface area (Å²) in [5, 5.41) is 13.3. The number of likely N-dealkylation sites (tertiary alicyclic amines) is 1. The maximum absolute atomic E-state index is 15.4. The number of nitrogens with two attached hydrogens (primary N) is 1. The van der Waals surface area contributed by atoms with E-state index in [1.165, 1.54) is 4.90 Å². The van der Waals surface area contributed by atoms with Crippen molar-refractivity contribution in [3.05, 3.63) is 12.1 Å². The zero-order chi connectivity index (χ0) is 25.8. The van der Waals surface area contributed by atoms with E-state index in [1.807, 2.05) is 0 Å². The lowest BCUT2D eigenvalue weighted by Crippen LogP contribution is -2.48. The predicted molar refractivity (Wildman–Crippen MR) is 120 cm³/mol. The molecule has 0 aromatic carbocycles. The van der Waals surface area contributed by atoms with Crippen LogP contribution in [0.4, 0.5) is 33.6 Å². The molecule has 2 aliphatic rings. The van der Waals surface area contributed by atoms with Gasteiger partial charge < -0.3 is 21.1 Å². The number of rotatable bonds is 9. The predicted octanol–water partition coefficient (Wildman–Crippen LogP) is 2.48. The lowest BCUT2D eigenvalue weighted by molar-refractivity contribution is -0.187. The number of carbonyl (C=O) groups excluding carboxylic acids is 1. The molecular weight excluding hydrogens is 475 g/mol. The third kappa shape index (κ3) is 7.12. The molecule has 2 atom stereocenters. The summed E-state index contributed by atoms with van der Waals surface area (Å²) in [6.45, 7) is 2.73. The number of piperidine rings is 1. The lowest BCUT2D eigenvalue weighted by Gasteiger charge is -2.38. The number of hydrogen-bond acceptors (Lipinski definition) is 7. The zero-order valence-electron chi connectivity index (χ0n) is 19.7. The molecule has 4 N–H and O–H groups in total. The van der Waals surface area contributed by atoms with Crippen molar-refractivity contribution >= 4 is 17.5 Å². The normalized spacial score (nSPS) is 28.0. The van der Waals surface area contributed by atoms with Crippen molar-refractivity contribution in [1.29, 1.82) is 0 Å². The Labute approximate surface area is 201 Å². The standard InChI is InChI=1S/C22H33F5N6O2/c1-2-33(12-21(24)6-3-15(4-7-21)22(25,26)27)20-18(23)19(30-13-31-20)29-9-14-5-8-32(10-16(14)34)11-17(28)35/h13-16,34H,2-12H2,1H3,(H2,28,35)(H,29,30,31). The molecule has 1 aliphatic heterocycles. The highest BCUT2D eigenvalue weighted by molar-refractivity contribution is 5.75. The van der Waals surface area contributed by atoms with Crippen molar-refractivity contribution in [2.75, 3.05) is 49.5 Å². The van der Waals surface area contributed by atoms with Gasteiger partial charge in [0.15, 0.2) is 11.6 Å². The first-order valence-electron chi connectivity index (χ1n) is 11.9. The van der Waals surface area contributed by atoms with E-state index in [0.717, 1.165) is 6.33 Å². The number of carbonyl (C=O) groups is 1. The van der Waals surface area contributed by atoms with Crippen molar-refractivity contribution in [3.8, 4) is 0 Å². The van der Waals surface area contributed by atoms with Crippen molar-refractivity contribution in [1.82, 2.24) is 14.9 Å². The topological polar surface area (TPSA) is 108 Å². The fourth-order valence-electron chi connectivity index (χ4n) is 4.88. The van der Waals surface area contributed by atoms with Gasteiger partial charge in [-0.3, -0.25) is 9.69 Å². The third-order valence-electron chi connectivity index (χ3n) is 6.99. The Balaban J connectivity index is 1.61. The van der Waals surface area contributed by atoms with Gasteiger partial charge in [-0.15, -0.1) is 0 Å². The van der Waals surface area contributed by atoms with E-state index < -0.39 is 35.6 Å². The summed E-state index contributed by atoms with van der Waals surface area (Å²) in [5.74, 6) is -3.22. The van der Waals surface area contributed by atoms with Crippen LogP contribution in [-0.2, 0) is 4.79 Å². The van der Waals surface area contributed by atoms with Crippen molar-refractivity contribution in [3.63, 3.8) is 0 Å². The molecule has 1 saturated heterocycles. The summed E-state index contributed by atoms with van der Waals surface area (Å²) in [6, 6.07) is 0. The van der Waals surface area contributed by atoms with Crippen LogP contribution in [0.5, 0.6) is 0 Å². The van der Waals surface area contributed by atoms with Gasteiger partial charge in [0.1, 0.15) is 12.0 Å². The van der Waals surface area contributed by atoms with E-state index in [2.05, 4.69) is 15.3 Å². The highest BCUT2D eigenvalue weighted by atomic mass is 19.4. The fourth-order valence-corrected chi connectivity index (χ4v) is 4.88. The number of β-amino-alcohol motifs (C(OH)–C–C–N with tert-alkyl or cyclic N) is 1. The molecule has 1 aromatic rings. The monoisotopic (exact) mass is 508 g/mol. The van der Waals surface area contributed by atoms with E-state index in [-0.39, 0.29) is 76.0 Å². The van der Waals surface area contributed by atoms with Gasteiger partial charge in [0.2, 0.25) is 11.7 Å². The molecule has 35 heavy (non-hydrogen) atoms. The molecule has 198 valence electrons. The second-order valence-electron chi connectivity index (χ2n) is 9.54. The van der Waals surface area contributed by atoms with Gasteiger partial charge in [0, 0.05) is 25.6 Å². The molecule has 1 aliphatic carbocycles. The summed E-state index contributed by atoms with van der Waals surface area (Å²) < 4.78 is 69.4. The average molecular weight is 509 g/mol. The Morgan fingerprint density at radius 2 is 2.00 bits per heavy atom. The first kappa shape index (κ1) is 27.3. The molecule has 3 rings (SSSR count). The minimum absolute atomic E-state index is 0.0564. The van der Waals surface area contributed by atoms with Crippen LogP contribution in [0.25, 0.3) is 0 Å². The van der Waals surface area contributed by atoms with Crippen LogP contribution in [-0.4, -0.2) is 83.1 Å². The minimum atomic E-state index is -4.34. The van der Waals surface area contributed by atoms with Gasteiger partial charge in [0.05, 0.1) is 25.1 Å². The zero-order valence-corrected chi connectivity index (χ0v) is 19.7. The van der Waals surface area contributed by atoms with Crippen LogP contribution in [0.15, 0.2) is 6.33 Å². The van der Waals surface area contributed by atoms with Crippen LogP contribution < -0.4 is 16.0 Å². The number of hydrogen-bond donors (Lipinski definition) is 3. The first-order chi connectivity index (χ1) is 16.4. The number of anilines is 2. The van der Waals surface area contributed by atoms with Crippen molar-refractivity contribution in [2.45, 2.75) is 57.0 Å². The minimum Gasteiger partial charge on any atom is -0.391 e. The highest BCUT2D eigenvalue weighted by Gasteiger charge is 2.46. The molecule has 0 spiro atoms. The Hall–Kier alpha value is -2.28. The Morgan fingerprint density at radius 3 is 2.57 bits per heavy atom. The van der Waals surface area contributed by atoms with E-state index >= 15 is 8.78 Å². The number of amides is 1. The molecule has 1 aromatic heterocycles. The van der Waals surface area contributed by atoms with E-state index in [9.17, 15) is 23.1 Å². The number of nitrogens with one attached hydrogen (secondary N) is 1. The number of primary amides is 1. The van der Waals surface area contributed by atoms with Crippen LogP contribution in [0.3, 0.4) is 0 Å². The van der Waals surface area contributed by atoms with Gasteiger partial charge in [-0.2, -0.15) is 17.6 Å². The quantitative estimate of drug-likeness (QED) is 0.440. The second kappa shape index (κ2) is 11.2. The van der Waals surface area contributed by atoms with Crippen LogP contribution in [0.1, 0.15) is 39.0 Å². The smallest absolute Gasteiger partial charge is 0.391 e. The third-order valence-corrected chi connectivity index (χ3v) is 6.99. The molecule has 2 unspecified atom stereocenters. The summed E-state index contributed by atoms with van der Waals surface area (Å²) in [6.07, 6.45) is -4.47. The van der Waals surface area contributed by atoms with Gasteiger partial charge in [0.25, 0.3) is 0 Å². The van der Waals surface area contributed by atoms with Crippen LogP contribution in [0, 0.1) is 17.7 Å². The van der Waals surface area contributed by atoms with E-state index in [4.69, 9.17) is 5.73 Å². The summed E-state index contributed by atoms with van der Waals surface area (Å²) in [4.78, 5) is 22.1. The SMILES string of the molecule is CCN(CC1(F)CCC(C(F)(F)F)CC1)c1ncnc(NCC2CCN(CC(N)=O)CC2O)c1F. The van der Waals surface area contributed by atoms with Crippen LogP contribution in [0.2, 0.25) is 0 Å². The number of aliphatic hydroxyl groups is 1. The van der Waals surface area contributed by atoms with E-state index in [0.29, 0.717) is 13.0 Å². The molecule has 1 amide bonds. The average Bonchev–Trinajstić information content (AvgIpc) is 2.77. The molecule has 0 radical (unpaired) electrons. The molecule has 2 fully saturated rings. The summed E-state index contributed by atoms with van der Waals surface area (Å²) >= 11 is 0. The second-order valence-corrected chi connectivity index (χ2v) is 9.54. The highest BCUT2D eigenvalue weighted by Crippen LogP contribution is 2.43. The maximum Gasteiger partial charge on any atom is 0.391 e. The molecular formula is C22H33F5N6O2. The number of aliphatic hydroxyl groups excluding tert-OH is 1. The van der Waals surface area contributed by atoms with E-state index in [1.54, 1.807) is 11.8 Å². The van der Waals surface area contributed by atoms with Gasteiger partial charge in [-0.1, -0.05) is 0 Å². The molecule has 2 heterocycles. The summed E-state index contributed by atoms with van der Waals surface area (Å²) in [5.41, 5.74) is 3.32. The molecule has 1 saturated carbocycles. The Kier molecular flexibility index (Phi) is 8.73. The molecule has 0 bridgehead atoms. The first-order valence-corrected chi connectivity index (χ1v) is 11.9. The van der Waals surface area contributed by atoms with Crippen LogP contribution >= 0.6 is 0 Å². The van der Waals surface area contributed by atoms with Gasteiger partial charge >= 0.3 is 6.18 Å². The summed E-state index contributed by atoms with van der Waals surface area (Å²) in [7, 11) is 0. The van der Waals surface area contributed by atoms with Crippen molar-refractivity contribution in [2.24, 2.45) is 17.6 Å². The Morgan fingerprint density at radius 1 is 1.31 bits per heavy atom. The van der Waals surface area contributed by atoms with Crippen molar-refractivity contribution < 1.29 is 31.9 Å². The number of alkyl halides is 4. The number of halogens is 5. The van der Waals surface area contributed by atoms with Gasteiger partial charge in [-0.05, 0) is 45.6 Å². The molecule has 8 nitrogen and oxygen atoms in total. The number of aromatic nitrogens is 2. The Bertz CT molecular complexity index is 865. The van der Waals surface area contributed by atoms with Gasteiger partial charge in [-0.25, -0.2) is 14.4 Å².